The molecule has 0 aliphatic carbocycles. The topological polar surface area (TPSA) is 32.3 Å². The van der Waals surface area contributed by atoms with Gasteiger partial charge in [-0.15, -0.1) is 0 Å². The Hall–Kier alpha value is -0.860. The van der Waals surface area contributed by atoms with Gasteiger partial charge < -0.3 is 10.4 Å². The van der Waals surface area contributed by atoms with Gasteiger partial charge in [0.05, 0.1) is 6.61 Å². The van der Waals surface area contributed by atoms with Gasteiger partial charge in [0.1, 0.15) is 0 Å². The number of hydrogen-bond donors (Lipinski definition) is 2. The third kappa shape index (κ3) is 4.63. The molecule has 0 radical (unpaired) electrons. The van der Waals surface area contributed by atoms with Gasteiger partial charge in [0, 0.05) is 17.5 Å². The highest BCUT2D eigenvalue weighted by Crippen LogP contribution is 2.25. The van der Waals surface area contributed by atoms with E-state index in [-0.39, 0.29) is 17.6 Å². The van der Waals surface area contributed by atoms with Crippen molar-refractivity contribution in [3.63, 3.8) is 0 Å². The number of rotatable bonds is 6. The summed E-state index contributed by atoms with van der Waals surface area (Å²) in [5.41, 5.74) is 2.54. The summed E-state index contributed by atoms with van der Waals surface area (Å²) >= 11 is 0. The highest BCUT2D eigenvalue weighted by Gasteiger charge is 2.24. The van der Waals surface area contributed by atoms with Crippen LogP contribution in [0.2, 0.25) is 0 Å². The fraction of sp³-hybridized carbons (Fsp3) is 0.647. The maximum absolute atomic E-state index is 9.30. The molecule has 2 N–H and O–H groups in total. The molecule has 0 aliphatic heterocycles. The summed E-state index contributed by atoms with van der Waals surface area (Å²) in [5.74, 6) is 0.573. The molecule has 0 saturated carbocycles. The molecule has 0 atom stereocenters. The van der Waals surface area contributed by atoms with E-state index in [1.807, 2.05) is 13.8 Å². The maximum atomic E-state index is 9.30. The van der Waals surface area contributed by atoms with Crippen molar-refractivity contribution in [3.05, 3.63) is 35.4 Å². The van der Waals surface area contributed by atoms with Crippen LogP contribution < -0.4 is 5.32 Å². The lowest BCUT2D eigenvalue weighted by molar-refractivity contribution is 0.181. The van der Waals surface area contributed by atoms with Gasteiger partial charge in [-0.3, -0.25) is 0 Å². The Morgan fingerprint density at radius 1 is 1.05 bits per heavy atom. The summed E-state index contributed by atoms with van der Waals surface area (Å²) < 4.78 is 0. The largest absolute Gasteiger partial charge is 0.394 e. The summed E-state index contributed by atoms with van der Waals surface area (Å²) in [5, 5.41) is 12.7. The van der Waals surface area contributed by atoms with Crippen molar-refractivity contribution in [2.75, 3.05) is 13.2 Å². The average molecular weight is 263 g/mol. The van der Waals surface area contributed by atoms with E-state index in [2.05, 4.69) is 57.3 Å². The highest BCUT2D eigenvalue weighted by atomic mass is 16.3. The van der Waals surface area contributed by atoms with Crippen molar-refractivity contribution in [1.29, 1.82) is 0 Å². The fourth-order valence-corrected chi connectivity index (χ4v) is 1.94. The van der Waals surface area contributed by atoms with E-state index in [1.54, 1.807) is 0 Å². The second-order valence-corrected chi connectivity index (χ2v) is 7.06. The molecule has 108 valence electrons. The van der Waals surface area contributed by atoms with Crippen LogP contribution in [0.5, 0.6) is 0 Å². The number of hydrogen-bond acceptors (Lipinski definition) is 2. The zero-order valence-electron chi connectivity index (χ0n) is 13.2. The molecule has 2 nitrogen and oxygen atoms in total. The van der Waals surface area contributed by atoms with Crippen LogP contribution in [0.1, 0.15) is 58.6 Å². The van der Waals surface area contributed by atoms with Gasteiger partial charge >= 0.3 is 0 Å². The quantitative estimate of drug-likeness (QED) is 0.824. The van der Waals surface area contributed by atoms with Crippen LogP contribution >= 0.6 is 0 Å². The van der Waals surface area contributed by atoms with E-state index in [1.165, 1.54) is 11.1 Å². The maximum Gasteiger partial charge on any atom is 0.0607 e. The molecular formula is C17H29NO. The third-order valence-electron chi connectivity index (χ3n) is 3.76. The normalized spacial score (nSPS) is 13.1. The fourth-order valence-electron chi connectivity index (χ4n) is 1.94. The summed E-state index contributed by atoms with van der Waals surface area (Å²) in [4.78, 5) is 0. The summed E-state index contributed by atoms with van der Waals surface area (Å²) in [7, 11) is 0. The first kappa shape index (κ1) is 16.2. The van der Waals surface area contributed by atoms with Crippen molar-refractivity contribution in [2.24, 2.45) is 0 Å². The van der Waals surface area contributed by atoms with Crippen LogP contribution in [-0.2, 0) is 5.41 Å². The molecule has 19 heavy (non-hydrogen) atoms. The van der Waals surface area contributed by atoms with Crippen LogP contribution in [0.3, 0.4) is 0 Å². The Labute approximate surface area is 118 Å². The Bertz CT molecular complexity index is 390. The van der Waals surface area contributed by atoms with E-state index in [0.717, 1.165) is 6.54 Å². The third-order valence-corrected chi connectivity index (χ3v) is 3.76. The van der Waals surface area contributed by atoms with Crippen LogP contribution in [0.25, 0.3) is 0 Å². The molecule has 0 spiro atoms. The van der Waals surface area contributed by atoms with Crippen LogP contribution in [0, 0.1) is 0 Å². The second-order valence-electron chi connectivity index (χ2n) is 7.06. The SMILES string of the molecule is CC(C)c1ccc(C(C)(C)CNC(C)(C)CO)cc1. The summed E-state index contributed by atoms with van der Waals surface area (Å²) in [6.45, 7) is 13.9. The van der Waals surface area contributed by atoms with Crippen LogP contribution in [0.15, 0.2) is 24.3 Å². The van der Waals surface area contributed by atoms with Crippen molar-refractivity contribution < 1.29 is 5.11 Å². The minimum Gasteiger partial charge on any atom is -0.394 e. The van der Waals surface area contributed by atoms with E-state index < -0.39 is 0 Å². The molecule has 1 aromatic carbocycles. The molecule has 0 saturated heterocycles. The molecule has 1 aromatic rings. The number of aliphatic hydroxyl groups is 1. The van der Waals surface area contributed by atoms with Gasteiger partial charge in [0.2, 0.25) is 0 Å². The Morgan fingerprint density at radius 2 is 1.58 bits per heavy atom. The zero-order valence-corrected chi connectivity index (χ0v) is 13.2. The van der Waals surface area contributed by atoms with Crippen molar-refractivity contribution in [1.82, 2.24) is 5.32 Å². The summed E-state index contributed by atoms with van der Waals surface area (Å²) in [6, 6.07) is 8.89. The van der Waals surface area contributed by atoms with E-state index >= 15 is 0 Å². The van der Waals surface area contributed by atoms with Gasteiger partial charge in [0.15, 0.2) is 0 Å². The second kappa shape index (κ2) is 6.06. The van der Waals surface area contributed by atoms with Gasteiger partial charge in [-0.1, -0.05) is 52.0 Å². The average Bonchev–Trinajstić information content (AvgIpc) is 2.37. The van der Waals surface area contributed by atoms with Crippen molar-refractivity contribution in [3.8, 4) is 0 Å². The Morgan fingerprint density at radius 3 is 2.00 bits per heavy atom. The van der Waals surface area contributed by atoms with Crippen LogP contribution in [-0.4, -0.2) is 23.8 Å². The molecule has 2 heteroatoms. The first-order valence-corrected chi connectivity index (χ1v) is 7.14. The lowest BCUT2D eigenvalue weighted by Crippen LogP contribution is -2.48. The molecule has 0 fully saturated rings. The first-order chi connectivity index (χ1) is 8.68. The molecule has 0 unspecified atom stereocenters. The van der Waals surface area contributed by atoms with E-state index in [9.17, 15) is 5.11 Å². The van der Waals surface area contributed by atoms with E-state index in [4.69, 9.17) is 0 Å². The van der Waals surface area contributed by atoms with Gasteiger partial charge in [-0.25, -0.2) is 0 Å². The van der Waals surface area contributed by atoms with Crippen LogP contribution in [0.4, 0.5) is 0 Å². The molecule has 0 heterocycles. The lowest BCUT2D eigenvalue weighted by atomic mass is 9.83. The predicted octanol–water partition coefficient (Wildman–Crippen LogP) is 3.45. The van der Waals surface area contributed by atoms with Gasteiger partial charge in [0.25, 0.3) is 0 Å². The molecule has 0 aromatic heterocycles. The molecule has 1 rings (SSSR count). The first-order valence-electron chi connectivity index (χ1n) is 7.14. The number of nitrogens with one attached hydrogen (secondary N) is 1. The predicted molar refractivity (Wildman–Crippen MR) is 82.7 cm³/mol. The minimum atomic E-state index is -0.227. The molecule has 0 aliphatic rings. The molecule has 0 bridgehead atoms. The Balaban J connectivity index is 2.76. The van der Waals surface area contributed by atoms with Gasteiger partial charge in [-0.05, 0) is 30.9 Å². The zero-order chi connectivity index (χ0) is 14.7. The number of benzene rings is 1. The number of aliphatic hydroxyl groups excluding tert-OH is 1. The smallest absolute Gasteiger partial charge is 0.0607 e. The van der Waals surface area contributed by atoms with Crippen molar-refractivity contribution >= 4 is 0 Å². The summed E-state index contributed by atoms with van der Waals surface area (Å²) in [6.07, 6.45) is 0. The molecule has 0 amide bonds. The standard InChI is InChI=1S/C17H29NO/c1-13(2)14-7-9-15(10-8-14)16(3,4)11-18-17(5,6)12-19/h7-10,13,18-19H,11-12H2,1-6H3. The van der Waals surface area contributed by atoms with E-state index in [0.29, 0.717) is 5.92 Å². The minimum absolute atomic E-state index is 0.0575. The van der Waals surface area contributed by atoms with Crippen molar-refractivity contribution in [2.45, 2.75) is 58.4 Å². The Kier molecular flexibility index (Phi) is 5.17. The molecular weight excluding hydrogens is 234 g/mol. The lowest BCUT2D eigenvalue weighted by Gasteiger charge is -2.32. The monoisotopic (exact) mass is 263 g/mol. The van der Waals surface area contributed by atoms with Gasteiger partial charge in [-0.2, -0.15) is 0 Å². The highest BCUT2D eigenvalue weighted by molar-refractivity contribution is 5.30.